The first kappa shape index (κ1) is 12.6. The standard InChI is InChI=1S/C18H12N2O2/c21-17-14-9-4-5-10-15(14)18(22)20(17)16-11-6-12-19(16)13-7-2-1-3-8-13/h1-12H. The average Bonchev–Trinajstić information content (AvgIpc) is 3.13. The maximum atomic E-state index is 12.6. The van der Waals surface area contributed by atoms with Crippen LogP contribution >= 0.6 is 0 Å². The molecule has 1 aliphatic rings. The average molecular weight is 288 g/mol. The highest BCUT2D eigenvalue weighted by Crippen LogP contribution is 2.30. The molecular formula is C18H12N2O2. The van der Waals surface area contributed by atoms with E-state index < -0.39 is 0 Å². The first-order valence-electron chi connectivity index (χ1n) is 6.98. The van der Waals surface area contributed by atoms with Crippen LogP contribution in [0.2, 0.25) is 0 Å². The molecule has 1 aliphatic heterocycles. The number of aromatic nitrogens is 1. The van der Waals surface area contributed by atoms with E-state index in [0.29, 0.717) is 16.9 Å². The summed E-state index contributed by atoms with van der Waals surface area (Å²) in [6, 6.07) is 20.1. The van der Waals surface area contributed by atoms with Crippen LogP contribution in [0.25, 0.3) is 5.69 Å². The molecule has 0 bridgehead atoms. The van der Waals surface area contributed by atoms with Gasteiger partial charge in [-0.3, -0.25) is 9.59 Å². The normalized spacial score (nSPS) is 13.5. The zero-order valence-electron chi connectivity index (χ0n) is 11.6. The summed E-state index contributed by atoms with van der Waals surface area (Å²) in [5.41, 5.74) is 1.81. The summed E-state index contributed by atoms with van der Waals surface area (Å²) in [5, 5.41) is 0. The molecule has 3 aromatic rings. The lowest BCUT2D eigenvalue weighted by molar-refractivity contribution is 0.0924. The molecule has 2 heterocycles. The van der Waals surface area contributed by atoms with Crippen LogP contribution in [0.3, 0.4) is 0 Å². The van der Waals surface area contributed by atoms with Gasteiger partial charge in [0.15, 0.2) is 0 Å². The summed E-state index contributed by atoms with van der Waals surface area (Å²) < 4.78 is 1.84. The van der Waals surface area contributed by atoms with Crippen molar-refractivity contribution < 1.29 is 9.59 Å². The smallest absolute Gasteiger partial charge is 0.267 e. The molecule has 0 radical (unpaired) electrons. The molecule has 4 heteroatoms. The van der Waals surface area contributed by atoms with Crippen LogP contribution < -0.4 is 4.90 Å². The predicted octanol–water partition coefficient (Wildman–Crippen LogP) is 3.28. The number of amides is 2. The van der Waals surface area contributed by atoms with Gasteiger partial charge in [0.25, 0.3) is 11.8 Å². The van der Waals surface area contributed by atoms with Crippen molar-refractivity contribution in [1.82, 2.24) is 4.57 Å². The van der Waals surface area contributed by atoms with Crippen LogP contribution in [0.4, 0.5) is 5.82 Å². The first-order chi connectivity index (χ1) is 10.8. The number of nitrogens with zero attached hydrogens (tertiary/aromatic N) is 2. The maximum Gasteiger partial charge on any atom is 0.267 e. The van der Waals surface area contributed by atoms with Gasteiger partial charge in [-0.1, -0.05) is 30.3 Å². The highest BCUT2D eigenvalue weighted by Gasteiger charge is 2.37. The summed E-state index contributed by atoms with van der Waals surface area (Å²) in [6.45, 7) is 0. The SMILES string of the molecule is O=C1c2ccccc2C(=O)N1c1cccn1-c1ccccc1. The lowest BCUT2D eigenvalue weighted by Crippen LogP contribution is -2.31. The Morgan fingerprint density at radius 3 is 1.86 bits per heavy atom. The molecule has 2 amide bonds. The second kappa shape index (κ2) is 4.70. The Hall–Kier alpha value is -3.14. The molecule has 4 rings (SSSR count). The summed E-state index contributed by atoms with van der Waals surface area (Å²) in [6.07, 6.45) is 1.84. The van der Waals surface area contributed by atoms with Crippen molar-refractivity contribution in [2.24, 2.45) is 0 Å². The van der Waals surface area contributed by atoms with Gasteiger partial charge in [0.2, 0.25) is 0 Å². The van der Waals surface area contributed by atoms with E-state index in [0.717, 1.165) is 5.69 Å². The van der Waals surface area contributed by atoms with Gasteiger partial charge >= 0.3 is 0 Å². The van der Waals surface area contributed by atoms with Crippen LogP contribution in [-0.4, -0.2) is 16.4 Å². The molecule has 0 fully saturated rings. The highest BCUT2D eigenvalue weighted by molar-refractivity contribution is 6.34. The third kappa shape index (κ3) is 1.71. The quantitative estimate of drug-likeness (QED) is 0.679. The van der Waals surface area contributed by atoms with E-state index in [1.165, 1.54) is 4.90 Å². The number of carbonyl (C=O) groups is 2. The number of para-hydroxylation sites is 1. The number of hydrogen-bond donors (Lipinski definition) is 0. The Bertz CT molecular complexity index is 846. The van der Waals surface area contributed by atoms with Gasteiger partial charge in [0, 0.05) is 11.9 Å². The number of carbonyl (C=O) groups excluding carboxylic acids is 2. The molecule has 0 aliphatic carbocycles. The summed E-state index contributed by atoms with van der Waals surface area (Å²) in [4.78, 5) is 26.4. The molecular weight excluding hydrogens is 276 g/mol. The largest absolute Gasteiger partial charge is 0.303 e. The highest BCUT2D eigenvalue weighted by atomic mass is 16.2. The Kier molecular flexibility index (Phi) is 2.69. The van der Waals surface area contributed by atoms with Gasteiger partial charge in [-0.05, 0) is 36.4 Å². The van der Waals surface area contributed by atoms with Crippen molar-refractivity contribution in [1.29, 1.82) is 0 Å². The summed E-state index contributed by atoms with van der Waals surface area (Å²) in [5.74, 6) is -0.00892. The molecule has 0 saturated heterocycles. The van der Waals surface area contributed by atoms with Crippen molar-refractivity contribution in [3.05, 3.63) is 84.1 Å². The second-order valence-corrected chi connectivity index (χ2v) is 5.06. The van der Waals surface area contributed by atoms with Crippen molar-refractivity contribution in [2.75, 3.05) is 4.90 Å². The molecule has 106 valence electrons. The van der Waals surface area contributed by atoms with Crippen molar-refractivity contribution >= 4 is 17.6 Å². The lowest BCUT2D eigenvalue weighted by atomic mass is 10.1. The monoisotopic (exact) mass is 288 g/mol. The van der Waals surface area contributed by atoms with Crippen molar-refractivity contribution in [3.63, 3.8) is 0 Å². The fourth-order valence-electron chi connectivity index (χ4n) is 2.76. The Labute approximate surface area is 127 Å². The van der Waals surface area contributed by atoms with Crippen LogP contribution in [-0.2, 0) is 0 Å². The zero-order chi connectivity index (χ0) is 15.1. The minimum Gasteiger partial charge on any atom is -0.303 e. The van der Waals surface area contributed by atoms with E-state index >= 15 is 0 Å². The van der Waals surface area contributed by atoms with Crippen molar-refractivity contribution in [3.8, 4) is 5.69 Å². The van der Waals surface area contributed by atoms with Crippen LogP contribution in [0, 0.1) is 0 Å². The number of rotatable bonds is 2. The van der Waals surface area contributed by atoms with Gasteiger partial charge in [-0.25, -0.2) is 4.90 Å². The molecule has 22 heavy (non-hydrogen) atoms. The minimum absolute atomic E-state index is 0.281. The Morgan fingerprint density at radius 2 is 1.23 bits per heavy atom. The predicted molar refractivity (Wildman–Crippen MR) is 83.4 cm³/mol. The third-order valence-corrected chi connectivity index (χ3v) is 3.78. The maximum absolute atomic E-state index is 12.6. The van der Waals surface area contributed by atoms with Gasteiger partial charge in [0.05, 0.1) is 11.1 Å². The topological polar surface area (TPSA) is 42.3 Å². The van der Waals surface area contributed by atoms with Crippen LogP contribution in [0.5, 0.6) is 0 Å². The van der Waals surface area contributed by atoms with Gasteiger partial charge in [0.1, 0.15) is 5.82 Å². The number of hydrogen-bond acceptors (Lipinski definition) is 2. The first-order valence-corrected chi connectivity index (χ1v) is 6.98. The Balaban J connectivity index is 1.84. The molecule has 0 unspecified atom stereocenters. The number of benzene rings is 2. The lowest BCUT2D eigenvalue weighted by Gasteiger charge is -2.17. The van der Waals surface area contributed by atoms with E-state index in [9.17, 15) is 9.59 Å². The van der Waals surface area contributed by atoms with Gasteiger partial charge in [-0.2, -0.15) is 0 Å². The van der Waals surface area contributed by atoms with E-state index in [-0.39, 0.29) is 11.8 Å². The number of fused-ring (bicyclic) bond motifs is 1. The molecule has 0 saturated carbocycles. The molecule has 0 atom stereocenters. The van der Waals surface area contributed by atoms with Gasteiger partial charge in [-0.15, -0.1) is 0 Å². The molecule has 1 aromatic heterocycles. The van der Waals surface area contributed by atoms with Crippen molar-refractivity contribution in [2.45, 2.75) is 0 Å². The minimum atomic E-state index is -0.281. The molecule has 0 N–H and O–H groups in total. The zero-order valence-corrected chi connectivity index (χ0v) is 11.6. The molecule has 2 aromatic carbocycles. The van der Waals surface area contributed by atoms with E-state index in [4.69, 9.17) is 0 Å². The number of anilines is 1. The summed E-state index contributed by atoms with van der Waals surface area (Å²) >= 11 is 0. The fraction of sp³-hybridized carbons (Fsp3) is 0. The molecule has 0 spiro atoms. The van der Waals surface area contributed by atoms with Crippen LogP contribution in [0.1, 0.15) is 20.7 Å². The van der Waals surface area contributed by atoms with E-state index in [2.05, 4.69) is 0 Å². The fourth-order valence-corrected chi connectivity index (χ4v) is 2.76. The number of imide groups is 1. The van der Waals surface area contributed by atoms with Gasteiger partial charge < -0.3 is 4.57 Å². The summed E-state index contributed by atoms with van der Waals surface area (Å²) in [7, 11) is 0. The second-order valence-electron chi connectivity index (χ2n) is 5.06. The Morgan fingerprint density at radius 1 is 0.636 bits per heavy atom. The third-order valence-electron chi connectivity index (χ3n) is 3.78. The van der Waals surface area contributed by atoms with E-state index in [1.807, 2.05) is 47.2 Å². The molecule has 4 nitrogen and oxygen atoms in total. The van der Waals surface area contributed by atoms with Crippen LogP contribution in [0.15, 0.2) is 72.9 Å². The van der Waals surface area contributed by atoms with E-state index in [1.54, 1.807) is 30.3 Å².